The highest BCUT2D eigenvalue weighted by Gasteiger charge is 2.42. The van der Waals surface area contributed by atoms with E-state index < -0.39 is 12.2 Å². The lowest BCUT2D eigenvalue weighted by molar-refractivity contribution is -0.129. The number of carbonyl (C=O) groups is 1. The zero-order chi connectivity index (χ0) is 20.4. The number of hydrogen-bond acceptors (Lipinski definition) is 7. The van der Waals surface area contributed by atoms with Gasteiger partial charge in [-0.25, -0.2) is 0 Å². The molecule has 29 heavy (non-hydrogen) atoms. The second kappa shape index (κ2) is 8.56. The minimum absolute atomic E-state index is 0.108. The van der Waals surface area contributed by atoms with Gasteiger partial charge in [0, 0.05) is 62.5 Å². The minimum atomic E-state index is -0.813. The Labute approximate surface area is 169 Å². The third-order valence-corrected chi connectivity index (χ3v) is 6.11. The Morgan fingerprint density at radius 3 is 2.76 bits per heavy atom. The van der Waals surface area contributed by atoms with Crippen LogP contribution >= 0.6 is 0 Å². The van der Waals surface area contributed by atoms with Crippen molar-refractivity contribution in [1.82, 2.24) is 30.2 Å². The molecule has 156 valence electrons. The van der Waals surface area contributed by atoms with Crippen LogP contribution in [0.4, 0.5) is 0 Å². The van der Waals surface area contributed by atoms with Gasteiger partial charge >= 0.3 is 0 Å². The van der Waals surface area contributed by atoms with E-state index in [9.17, 15) is 15.0 Å². The quantitative estimate of drug-likeness (QED) is 0.649. The Morgan fingerprint density at radius 2 is 2.07 bits per heavy atom. The molecule has 1 amide bonds. The fourth-order valence-corrected chi connectivity index (χ4v) is 4.41. The molecule has 0 spiro atoms. The van der Waals surface area contributed by atoms with Crippen molar-refractivity contribution in [2.45, 2.75) is 57.0 Å². The third-order valence-electron chi connectivity index (χ3n) is 6.11. The predicted octanol–water partition coefficient (Wildman–Crippen LogP) is 0.0509. The number of nitrogens with zero attached hydrogens (tertiary/aromatic N) is 5. The highest BCUT2D eigenvalue weighted by Crippen LogP contribution is 2.29. The average molecular weight is 400 g/mol. The Hall–Kier alpha value is -2.36. The number of likely N-dealkylation sites (tertiary alicyclic amines) is 1. The SMILES string of the molecule is CC(=O)N1CCC(NC2CC(Cn3cc(-c4cccnc4)nn3)C(O)C2O)CC1. The molecular formula is C20H28N6O3. The Morgan fingerprint density at radius 1 is 1.28 bits per heavy atom. The molecule has 2 aromatic rings. The maximum Gasteiger partial charge on any atom is 0.219 e. The molecule has 1 aliphatic carbocycles. The fraction of sp³-hybridized carbons (Fsp3) is 0.600. The lowest BCUT2D eigenvalue weighted by Gasteiger charge is -2.34. The van der Waals surface area contributed by atoms with Crippen LogP contribution in [0.25, 0.3) is 11.3 Å². The highest BCUT2D eigenvalue weighted by molar-refractivity contribution is 5.73. The smallest absolute Gasteiger partial charge is 0.219 e. The first kappa shape index (κ1) is 19.9. The van der Waals surface area contributed by atoms with Gasteiger partial charge in [0.25, 0.3) is 0 Å². The van der Waals surface area contributed by atoms with E-state index in [1.807, 2.05) is 23.2 Å². The molecule has 0 aromatic carbocycles. The second-order valence-corrected chi connectivity index (χ2v) is 8.10. The standard InChI is InChI=1S/C20H28N6O3/c1-13(27)25-7-4-16(5-8-25)22-17-9-15(19(28)20(17)29)11-26-12-18(23-24-26)14-3-2-6-21-10-14/h2-3,6,10,12,15-17,19-20,22,28-29H,4-5,7-9,11H2,1H3. The van der Waals surface area contributed by atoms with Crippen molar-refractivity contribution >= 4 is 5.91 Å². The van der Waals surface area contributed by atoms with E-state index in [-0.39, 0.29) is 23.9 Å². The Kier molecular flexibility index (Phi) is 5.89. The summed E-state index contributed by atoms with van der Waals surface area (Å²) in [6.45, 7) is 3.56. The number of hydrogen-bond donors (Lipinski definition) is 3. The lowest BCUT2D eigenvalue weighted by Crippen LogP contribution is -2.50. The largest absolute Gasteiger partial charge is 0.390 e. The number of aliphatic hydroxyl groups excluding tert-OH is 2. The van der Waals surface area contributed by atoms with E-state index in [0.717, 1.165) is 37.2 Å². The molecule has 9 heteroatoms. The molecule has 2 fully saturated rings. The molecule has 1 saturated heterocycles. The van der Waals surface area contributed by atoms with E-state index in [4.69, 9.17) is 0 Å². The summed E-state index contributed by atoms with van der Waals surface area (Å²) in [5.41, 5.74) is 1.63. The van der Waals surface area contributed by atoms with Crippen LogP contribution in [-0.2, 0) is 11.3 Å². The van der Waals surface area contributed by atoms with Crippen molar-refractivity contribution in [3.8, 4) is 11.3 Å². The molecule has 4 unspecified atom stereocenters. The maximum atomic E-state index is 11.5. The van der Waals surface area contributed by atoms with Crippen molar-refractivity contribution in [3.63, 3.8) is 0 Å². The zero-order valence-electron chi connectivity index (χ0n) is 16.6. The van der Waals surface area contributed by atoms with Crippen LogP contribution in [0.5, 0.6) is 0 Å². The van der Waals surface area contributed by atoms with Crippen LogP contribution in [0.1, 0.15) is 26.2 Å². The summed E-state index contributed by atoms with van der Waals surface area (Å²) in [5, 5.41) is 32.9. The van der Waals surface area contributed by atoms with Gasteiger partial charge in [0.05, 0.1) is 18.4 Å². The zero-order valence-corrected chi connectivity index (χ0v) is 16.6. The topological polar surface area (TPSA) is 116 Å². The van der Waals surface area contributed by atoms with Gasteiger partial charge in [0.15, 0.2) is 0 Å². The number of piperidine rings is 1. The van der Waals surface area contributed by atoms with Crippen molar-refractivity contribution in [2.75, 3.05) is 13.1 Å². The Balaban J connectivity index is 1.33. The molecule has 3 heterocycles. The number of pyridine rings is 1. The molecular weight excluding hydrogens is 372 g/mol. The van der Waals surface area contributed by atoms with Crippen molar-refractivity contribution in [2.24, 2.45) is 5.92 Å². The summed E-state index contributed by atoms with van der Waals surface area (Å²) < 4.78 is 1.72. The molecule has 1 aliphatic heterocycles. The van der Waals surface area contributed by atoms with Gasteiger partial charge in [0.1, 0.15) is 5.69 Å². The fourth-order valence-electron chi connectivity index (χ4n) is 4.41. The van der Waals surface area contributed by atoms with Crippen molar-refractivity contribution in [3.05, 3.63) is 30.7 Å². The van der Waals surface area contributed by atoms with E-state index in [2.05, 4.69) is 20.6 Å². The van der Waals surface area contributed by atoms with Crippen molar-refractivity contribution < 1.29 is 15.0 Å². The van der Waals surface area contributed by atoms with Gasteiger partial charge in [-0.2, -0.15) is 0 Å². The minimum Gasteiger partial charge on any atom is -0.390 e. The molecule has 4 rings (SSSR count). The van der Waals surface area contributed by atoms with Gasteiger partial charge in [0.2, 0.25) is 5.91 Å². The van der Waals surface area contributed by atoms with Gasteiger partial charge in [-0.15, -0.1) is 5.10 Å². The Bertz CT molecular complexity index is 821. The number of carbonyl (C=O) groups excluding carboxylic acids is 1. The number of aromatic nitrogens is 4. The van der Waals surface area contributed by atoms with E-state index in [1.165, 1.54) is 0 Å². The molecule has 0 radical (unpaired) electrons. The first-order valence-electron chi connectivity index (χ1n) is 10.2. The monoisotopic (exact) mass is 400 g/mol. The number of nitrogens with one attached hydrogen (secondary N) is 1. The van der Waals surface area contributed by atoms with Crippen LogP contribution < -0.4 is 5.32 Å². The third kappa shape index (κ3) is 4.47. The first-order chi connectivity index (χ1) is 14.0. The molecule has 4 atom stereocenters. The lowest BCUT2D eigenvalue weighted by atomic mass is 10.0. The highest BCUT2D eigenvalue weighted by atomic mass is 16.3. The van der Waals surface area contributed by atoms with E-state index >= 15 is 0 Å². The van der Waals surface area contributed by atoms with E-state index in [0.29, 0.717) is 13.0 Å². The summed E-state index contributed by atoms with van der Waals surface area (Å²) in [6, 6.07) is 3.86. The summed E-state index contributed by atoms with van der Waals surface area (Å²) in [5.74, 6) is 0.00146. The average Bonchev–Trinajstić information content (AvgIpc) is 3.30. The summed E-state index contributed by atoms with van der Waals surface area (Å²) >= 11 is 0. The van der Waals surface area contributed by atoms with Crippen LogP contribution in [0.2, 0.25) is 0 Å². The first-order valence-corrected chi connectivity index (χ1v) is 10.2. The van der Waals surface area contributed by atoms with Crippen LogP contribution in [-0.4, -0.2) is 78.4 Å². The van der Waals surface area contributed by atoms with Gasteiger partial charge in [-0.1, -0.05) is 5.21 Å². The molecule has 0 bridgehead atoms. The van der Waals surface area contributed by atoms with Gasteiger partial charge < -0.3 is 20.4 Å². The van der Waals surface area contributed by atoms with Gasteiger partial charge in [-0.3, -0.25) is 14.5 Å². The number of aliphatic hydroxyl groups is 2. The molecule has 9 nitrogen and oxygen atoms in total. The van der Waals surface area contributed by atoms with Gasteiger partial charge in [-0.05, 0) is 31.4 Å². The molecule has 2 aromatic heterocycles. The number of amides is 1. The normalized spacial score (nSPS) is 28.0. The van der Waals surface area contributed by atoms with Crippen molar-refractivity contribution in [1.29, 1.82) is 0 Å². The summed E-state index contributed by atoms with van der Waals surface area (Å²) in [4.78, 5) is 17.4. The number of rotatable bonds is 5. The van der Waals surface area contributed by atoms with Crippen LogP contribution in [0.3, 0.4) is 0 Å². The van der Waals surface area contributed by atoms with Crippen LogP contribution in [0, 0.1) is 5.92 Å². The molecule has 2 aliphatic rings. The molecule has 3 N–H and O–H groups in total. The molecule has 1 saturated carbocycles. The van der Waals surface area contributed by atoms with E-state index in [1.54, 1.807) is 24.0 Å². The maximum absolute atomic E-state index is 11.5. The second-order valence-electron chi connectivity index (χ2n) is 8.10. The summed E-state index contributed by atoms with van der Waals surface area (Å²) in [6.07, 6.45) is 6.05. The summed E-state index contributed by atoms with van der Waals surface area (Å²) in [7, 11) is 0. The predicted molar refractivity (Wildman–Crippen MR) is 106 cm³/mol. The van der Waals surface area contributed by atoms with Crippen LogP contribution in [0.15, 0.2) is 30.7 Å².